The summed E-state index contributed by atoms with van der Waals surface area (Å²) in [5, 5.41) is 3.28. The van der Waals surface area contributed by atoms with E-state index in [4.69, 9.17) is 0 Å². The van der Waals surface area contributed by atoms with Crippen LogP contribution in [0, 0.1) is 5.92 Å². The van der Waals surface area contributed by atoms with Gasteiger partial charge in [-0.3, -0.25) is 0 Å². The summed E-state index contributed by atoms with van der Waals surface area (Å²) >= 11 is 1.29. The molecule has 1 aromatic rings. The molecule has 1 unspecified atom stereocenters. The second-order valence-corrected chi connectivity index (χ2v) is 3.91. The molecule has 1 aliphatic rings. The lowest BCUT2D eigenvalue weighted by atomic mass is 10.1. The molecule has 1 fully saturated rings. The largest absolute Gasteiger partial charge is 0.312 e. The highest BCUT2D eigenvalue weighted by atomic mass is 32.1. The van der Waals surface area contributed by atoms with Crippen molar-refractivity contribution in [3.63, 3.8) is 0 Å². The minimum atomic E-state index is 0.427. The van der Waals surface area contributed by atoms with E-state index < -0.39 is 0 Å². The summed E-state index contributed by atoms with van der Waals surface area (Å²) in [6, 6.07) is 0.427. The van der Waals surface area contributed by atoms with Gasteiger partial charge in [-0.25, -0.2) is 0 Å². The predicted octanol–water partition coefficient (Wildman–Crippen LogP) is 1.60. The van der Waals surface area contributed by atoms with Crippen LogP contribution >= 0.6 is 11.7 Å². The Morgan fingerprint density at radius 3 is 3.08 bits per heavy atom. The van der Waals surface area contributed by atoms with E-state index in [1.165, 1.54) is 31.0 Å². The number of aromatic nitrogens is 2. The third kappa shape index (κ3) is 1.81. The van der Waals surface area contributed by atoms with Gasteiger partial charge in [0.15, 0.2) is 0 Å². The van der Waals surface area contributed by atoms with Crippen molar-refractivity contribution in [3.05, 3.63) is 11.9 Å². The average Bonchev–Trinajstić information content (AvgIpc) is 2.74. The smallest absolute Gasteiger partial charge is 0.0912 e. The maximum Gasteiger partial charge on any atom is 0.0912 e. The van der Waals surface area contributed by atoms with Crippen molar-refractivity contribution in [1.29, 1.82) is 0 Å². The van der Waals surface area contributed by atoms with Crippen molar-refractivity contribution in [3.8, 4) is 0 Å². The molecule has 0 spiro atoms. The van der Waals surface area contributed by atoms with Crippen molar-refractivity contribution in [2.24, 2.45) is 5.92 Å². The molecule has 0 amide bonds. The third-order valence-electron chi connectivity index (χ3n) is 2.35. The molecule has 1 atom stereocenters. The van der Waals surface area contributed by atoms with Gasteiger partial charge in [0, 0.05) is 0 Å². The molecule has 0 radical (unpaired) electrons. The van der Waals surface area contributed by atoms with Crippen LogP contribution in [-0.2, 0) is 0 Å². The zero-order chi connectivity index (χ0) is 8.39. The second-order valence-electron chi connectivity index (χ2n) is 3.35. The fourth-order valence-corrected chi connectivity index (χ4v) is 1.87. The van der Waals surface area contributed by atoms with Gasteiger partial charge in [0.2, 0.25) is 0 Å². The van der Waals surface area contributed by atoms with Crippen LogP contribution in [0.15, 0.2) is 6.20 Å². The van der Waals surface area contributed by atoms with Gasteiger partial charge in [-0.05, 0) is 19.4 Å². The second kappa shape index (κ2) is 3.49. The van der Waals surface area contributed by atoms with E-state index in [0.717, 1.165) is 11.6 Å². The molecule has 4 heteroatoms. The molecular formula is C8H13N3S. The van der Waals surface area contributed by atoms with Gasteiger partial charge in [-0.15, -0.1) is 0 Å². The monoisotopic (exact) mass is 183 g/mol. The van der Waals surface area contributed by atoms with Crippen molar-refractivity contribution in [1.82, 2.24) is 14.1 Å². The Morgan fingerprint density at radius 1 is 1.75 bits per heavy atom. The van der Waals surface area contributed by atoms with Crippen LogP contribution in [0.4, 0.5) is 0 Å². The van der Waals surface area contributed by atoms with Crippen LogP contribution in [0.2, 0.25) is 0 Å². The first-order chi connectivity index (χ1) is 5.90. The summed E-state index contributed by atoms with van der Waals surface area (Å²) in [5.41, 5.74) is 1.11. The maximum absolute atomic E-state index is 4.24. The molecule has 1 N–H and O–H groups in total. The fraction of sp³-hybridized carbons (Fsp3) is 0.750. The predicted molar refractivity (Wildman–Crippen MR) is 49.1 cm³/mol. The van der Waals surface area contributed by atoms with Crippen LogP contribution in [0.1, 0.15) is 31.0 Å². The quantitative estimate of drug-likeness (QED) is 0.770. The SMILES string of the molecule is CNC(CC1CC1)c1cnsn1. The molecule has 1 aromatic heterocycles. The molecule has 0 bridgehead atoms. The van der Waals surface area contributed by atoms with Gasteiger partial charge in [0.05, 0.1) is 29.7 Å². The van der Waals surface area contributed by atoms with Crippen molar-refractivity contribution >= 4 is 11.7 Å². The number of hydrogen-bond acceptors (Lipinski definition) is 4. The first-order valence-electron chi connectivity index (χ1n) is 4.35. The minimum absolute atomic E-state index is 0.427. The van der Waals surface area contributed by atoms with Crippen molar-refractivity contribution < 1.29 is 0 Å². The minimum Gasteiger partial charge on any atom is -0.312 e. The topological polar surface area (TPSA) is 37.8 Å². The third-order valence-corrected chi connectivity index (χ3v) is 2.84. The summed E-state index contributed by atoms with van der Waals surface area (Å²) in [7, 11) is 1.99. The normalized spacial score (nSPS) is 19.4. The highest BCUT2D eigenvalue weighted by molar-refractivity contribution is 6.99. The molecule has 3 nitrogen and oxygen atoms in total. The lowest BCUT2D eigenvalue weighted by molar-refractivity contribution is 0.506. The standard InChI is InChI=1S/C8H13N3S/c1-9-7(4-6-2-3-6)8-5-10-12-11-8/h5-7,9H,2-4H2,1H3. The van der Waals surface area contributed by atoms with Gasteiger partial charge < -0.3 is 5.32 Å². The van der Waals surface area contributed by atoms with Gasteiger partial charge in [-0.2, -0.15) is 8.75 Å². The van der Waals surface area contributed by atoms with Crippen molar-refractivity contribution in [2.75, 3.05) is 7.05 Å². The van der Waals surface area contributed by atoms with E-state index in [1.54, 1.807) is 0 Å². The summed E-state index contributed by atoms with van der Waals surface area (Å²) in [5.74, 6) is 0.934. The molecule has 1 heterocycles. The summed E-state index contributed by atoms with van der Waals surface area (Å²) in [6.45, 7) is 0. The Morgan fingerprint density at radius 2 is 2.58 bits per heavy atom. The van der Waals surface area contributed by atoms with Gasteiger partial charge in [0.25, 0.3) is 0 Å². The van der Waals surface area contributed by atoms with Crippen LogP contribution in [0.5, 0.6) is 0 Å². The average molecular weight is 183 g/mol. The molecule has 0 aliphatic heterocycles. The number of nitrogens with one attached hydrogen (secondary N) is 1. The van der Waals surface area contributed by atoms with Gasteiger partial charge >= 0.3 is 0 Å². The molecular weight excluding hydrogens is 170 g/mol. The Hall–Kier alpha value is -0.480. The summed E-state index contributed by atoms with van der Waals surface area (Å²) < 4.78 is 8.25. The summed E-state index contributed by atoms with van der Waals surface area (Å²) in [6.07, 6.45) is 5.89. The van der Waals surface area contributed by atoms with Crippen molar-refractivity contribution in [2.45, 2.75) is 25.3 Å². The molecule has 0 saturated heterocycles. The van der Waals surface area contributed by atoms with E-state index in [-0.39, 0.29) is 0 Å². The highest BCUT2D eigenvalue weighted by Crippen LogP contribution is 2.37. The molecule has 0 aromatic carbocycles. The zero-order valence-electron chi connectivity index (χ0n) is 7.16. The first kappa shape index (κ1) is 8.13. The van der Waals surface area contributed by atoms with E-state index >= 15 is 0 Å². The Balaban J connectivity index is 1.97. The zero-order valence-corrected chi connectivity index (χ0v) is 7.97. The van der Waals surface area contributed by atoms with E-state index in [0.29, 0.717) is 6.04 Å². The number of nitrogens with zero attached hydrogens (tertiary/aromatic N) is 2. The lowest BCUT2D eigenvalue weighted by Crippen LogP contribution is -2.17. The molecule has 12 heavy (non-hydrogen) atoms. The van der Waals surface area contributed by atoms with E-state index in [9.17, 15) is 0 Å². The molecule has 2 rings (SSSR count). The number of rotatable bonds is 4. The van der Waals surface area contributed by atoms with E-state index in [2.05, 4.69) is 14.1 Å². The van der Waals surface area contributed by atoms with Crippen LogP contribution in [0.25, 0.3) is 0 Å². The van der Waals surface area contributed by atoms with E-state index in [1.807, 2.05) is 13.2 Å². The summed E-state index contributed by atoms with van der Waals surface area (Å²) in [4.78, 5) is 0. The Kier molecular flexibility index (Phi) is 2.37. The molecule has 66 valence electrons. The highest BCUT2D eigenvalue weighted by Gasteiger charge is 2.26. The first-order valence-corrected chi connectivity index (χ1v) is 5.08. The molecule has 1 aliphatic carbocycles. The van der Waals surface area contributed by atoms with Gasteiger partial charge in [0.1, 0.15) is 0 Å². The fourth-order valence-electron chi connectivity index (χ4n) is 1.40. The van der Waals surface area contributed by atoms with Crippen LogP contribution in [-0.4, -0.2) is 15.8 Å². The van der Waals surface area contributed by atoms with Gasteiger partial charge in [-0.1, -0.05) is 12.8 Å². The molecule has 1 saturated carbocycles. The van der Waals surface area contributed by atoms with Crippen LogP contribution < -0.4 is 5.32 Å². The Bertz CT molecular complexity index is 230. The Labute approximate surface area is 76.5 Å². The van der Waals surface area contributed by atoms with Crippen LogP contribution in [0.3, 0.4) is 0 Å². The maximum atomic E-state index is 4.24. The number of hydrogen-bond donors (Lipinski definition) is 1. The lowest BCUT2D eigenvalue weighted by Gasteiger charge is -2.11.